The summed E-state index contributed by atoms with van der Waals surface area (Å²) in [6.07, 6.45) is 0.477. The average Bonchev–Trinajstić information content (AvgIpc) is 2.73. The molecule has 0 aromatic carbocycles. The van der Waals surface area contributed by atoms with Crippen LogP contribution in [0.3, 0.4) is 0 Å². The second-order valence-electron chi connectivity index (χ2n) is 3.77. The molecule has 0 aliphatic carbocycles. The van der Waals surface area contributed by atoms with E-state index in [0.29, 0.717) is 11.1 Å². The van der Waals surface area contributed by atoms with Crippen molar-refractivity contribution in [1.29, 1.82) is 0 Å². The summed E-state index contributed by atoms with van der Waals surface area (Å²) in [7, 11) is 0. The predicted octanol–water partition coefficient (Wildman–Crippen LogP) is 0.659. The smallest absolute Gasteiger partial charge is 0.287 e. The molecule has 1 heterocycles. The Bertz CT molecular complexity index is 419. The van der Waals surface area contributed by atoms with Crippen LogP contribution >= 0.6 is 15.9 Å². The van der Waals surface area contributed by atoms with Crippen molar-refractivity contribution in [1.82, 2.24) is 10.6 Å². The first-order chi connectivity index (χ1) is 8.52. The number of halogens is 1. The summed E-state index contributed by atoms with van der Waals surface area (Å²) in [5, 5.41) is 13.8. The van der Waals surface area contributed by atoms with Gasteiger partial charge in [-0.1, -0.05) is 0 Å². The minimum Gasteiger partial charge on any atom is -0.444 e. The van der Waals surface area contributed by atoms with Crippen LogP contribution < -0.4 is 10.6 Å². The zero-order chi connectivity index (χ0) is 13.5. The third-order valence-corrected chi connectivity index (χ3v) is 2.60. The minimum absolute atomic E-state index is 0.00816. The molecule has 100 valence electrons. The van der Waals surface area contributed by atoms with E-state index in [1.54, 1.807) is 13.0 Å². The lowest BCUT2D eigenvalue weighted by molar-refractivity contribution is -0.120. The summed E-state index contributed by atoms with van der Waals surface area (Å²) in [4.78, 5) is 23.0. The number of nitrogens with one attached hydrogen (secondary N) is 2. The van der Waals surface area contributed by atoms with Crippen LogP contribution in [0.15, 0.2) is 21.2 Å². The highest BCUT2D eigenvalue weighted by atomic mass is 79.9. The van der Waals surface area contributed by atoms with E-state index in [0.717, 1.165) is 0 Å². The average molecular weight is 319 g/mol. The van der Waals surface area contributed by atoms with Crippen molar-refractivity contribution < 1.29 is 19.1 Å². The molecule has 1 aromatic heterocycles. The summed E-state index contributed by atoms with van der Waals surface area (Å²) < 4.78 is 5.49. The molecule has 1 unspecified atom stereocenters. The maximum Gasteiger partial charge on any atom is 0.287 e. The highest BCUT2D eigenvalue weighted by Gasteiger charge is 2.12. The lowest BCUT2D eigenvalue weighted by Gasteiger charge is -2.12. The van der Waals surface area contributed by atoms with Crippen molar-refractivity contribution in [2.75, 3.05) is 13.2 Å². The van der Waals surface area contributed by atoms with Crippen LogP contribution in [0.2, 0.25) is 0 Å². The van der Waals surface area contributed by atoms with Crippen LogP contribution in [0.1, 0.15) is 23.9 Å². The Morgan fingerprint density at radius 1 is 1.50 bits per heavy atom. The monoisotopic (exact) mass is 318 g/mol. The van der Waals surface area contributed by atoms with Crippen molar-refractivity contribution in [3.63, 3.8) is 0 Å². The molecule has 0 spiro atoms. The van der Waals surface area contributed by atoms with Crippen molar-refractivity contribution in [2.24, 2.45) is 0 Å². The molecule has 0 radical (unpaired) electrons. The first kappa shape index (κ1) is 14.7. The molecule has 1 atom stereocenters. The van der Waals surface area contributed by atoms with E-state index >= 15 is 0 Å². The molecule has 0 fully saturated rings. The number of aliphatic hydroxyl groups is 1. The second kappa shape index (κ2) is 7.17. The normalized spacial score (nSPS) is 11.9. The van der Waals surface area contributed by atoms with Gasteiger partial charge in [0.2, 0.25) is 5.91 Å². The minimum atomic E-state index is -0.453. The summed E-state index contributed by atoms with van der Waals surface area (Å²) in [6.45, 7) is 1.65. The molecule has 1 rings (SSSR count). The quantitative estimate of drug-likeness (QED) is 0.718. The molecule has 0 saturated carbocycles. The molecule has 0 bridgehead atoms. The Labute approximate surface area is 113 Å². The molecule has 2 amide bonds. The molecule has 0 aliphatic rings. The Hall–Kier alpha value is -1.34. The van der Waals surface area contributed by atoms with E-state index in [1.807, 2.05) is 0 Å². The van der Waals surface area contributed by atoms with Gasteiger partial charge in [0.05, 0.1) is 6.54 Å². The highest BCUT2D eigenvalue weighted by molar-refractivity contribution is 9.10. The molecule has 18 heavy (non-hydrogen) atoms. The topological polar surface area (TPSA) is 91.6 Å². The van der Waals surface area contributed by atoms with Gasteiger partial charge >= 0.3 is 0 Å². The van der Waals surface area contributed by atoms with Crippen LogP contribution in [0.25, 0.3) is 0 Å². The SMILES string of the molecule is CC(CCO)NC(=O)CNC(=O)c1ccc(Br)o1. The van der Waals surface area contributed by atoms with Gasteiger partial charge in [-0.2, -0.15) is 0 Å². The number of amides is 2. The molecular formula is C11H15BrN2O4. The molecule has 7 heteroatoms. The van der Waals surface area contributed by atoms with Crippen LogP contribution in [-0.2, 0) is 4.79 Å². The van der Waals surface area contributed by atoms with E-state index in [2.05, 4.69) is 26.6 Å². The number of carbonyl (C=O) groups is 2. The molecule has 3 N–H and O–H groups in total. The molecular weight excluding hydrogens is 304 g/mol. The predicted molar refractivity (Wildman–Crippen MR) is 68.0 cm³/mol. The Morgan fingerprint density at radius 2 is 2.22 bits per heavy atom. The van der Waals surface area contributed by atoms with E-state index < -0.39 is 5.91 Å². The zero-order valence-corrected chi connectivity index (χ0v) is 11.5. The highest BCUT2D eigenvalue weighted by Crippen LogP contribution is 2.13. The Kier molecular flexibility index (Phi) is 5.87. The fraction of sp³-hybridized carbons (Fsp3) is 0.455. The van der Waals surface area contributed by atoms with Gasteiger partial charge < -0.3 is 20.2 Å². The van der Waals surface area contributed by atoms with Gasteiger partial charge in [0.1, 0.15) is 0 Å². The van der Waals surface area contributed by atoms with Crippen LogP contribution in [0.4, 0.5) is 0 Å². The summed E-state index contributed by atoms with van der Waals surface area (Å²) >= 11 is 3.08. The fourth-order valence-corrected chi connectivity index (χ4v) is 1.58. The van der Waals surface area contributed by atoms with Gasteiger partial charge in [0.25, 0.3) is 5.91 Å². The molecule has 6 nitrogen and oxygen atoms in total. The summed E-state index contributed by atoms with van der Waals surface area (Å²) in [5.74, 6) is -0.626. The standard InChI is InChI=1S/C11H15BrN2O4/c1-7(4-5-15)14-10(16)6-13-11(17)8-2-3-9(12)18-8/h2-3,7,15H,4-6H2,1H3,(H,13,17)(H,14,16). The van der Waals surface area contributed by atoms with Crippen molar-refractivity contribution in [3.05, 3.63) is 22.6 Å². The van der Waals surface area contributed by atoms with Crippen LogP contribution in [0, 0.1) is 0 Å². The number of aliphatic hydroxyl groups excluding tert-OH is 1. The van der Waals surface area contributed by atoms with Gasteiger partial charge in [-0.25, -0.2) is 0 Å². The zero-order valence-electron chi connectivity index (χ0n) is 9.90. The summed E-state index contributed by atoms with van der Waals surface area (Å²) in [5.41, 5.74) is 0. The molecule has 0 saturated heterocycles. The lowest BCUT2D eigenvalue weighted by atomic mass is 10.2. The lowest BCUT2D eigenvalue weighted by Crippen LogP contribution is -2.41. The third kappa shape index (κ3) is 4.89. The van der Waals surface area contributed by atoms with E-state index in [1.165, 1.54) is 6.07 Å². The second-order valence-corrected chi connectivity index (χ2v) is 4.55. The van der Waals surface area contributed by atoms with Gasteiger partial charge in [-0.15, -0.1) is 0 Å². The summed E-state index contributed by atoms with van der Waals surface area (Å²) in [6, 6.07) is 2.97. The van der Waals surface area contributed by atoms with E-state index in [4.69, 9.17) is 9.52 Å². The Morgan fingerprint density at radius 3 is 2.78 bits per heavy atom. The third-order valence-electron chi connectivity index (χ3n) is 2.18. The van der Waals surface area contributed by atoms with Crippen molar-refractivity contribution >= 4 is 27.7 Å². The van der Waals surface area contributed by atoms with Crippen molar-refractivity contribution in [3.8, 4) is 0 Å². The van der Waals surface area contributed by atoms with E-state index in [-0.39, 0.29) is 30.9 Å². The van der Waals surface area contributed by atoms with Crippen LogP contribution in [0.5, 0.6) is 0 Å². The number of hydrogen-bond acceptors (Lipinski definition) is 4. The number of carbonyl (C=O) groups excluding carboxylic acids is 2. The molecule has 1 aromatic rings. The van der Waals surface area contributed by atoms with Gasteiger partial charge in [0, 0.05) is 12.6 Å². The number of hydrogen-bond donors (Lipinski definition) is 3. The van der Waals surface area contributed by atoms with Crippen molar-refractivity contribution in [2.45, 2.75) is 19.4 Å². The number of furan rings is 1. The van der Waals surface area contributed by atoms with Gasteiger partial charge in [0.15, 0.2) is 10.4 Å². The fourth-order valence-electron chi connectivity index (χ4n) is 1.28. The van der Waals surface area contributed by atoms with Crippen LogP contribution in [-0.4, -0.2) is 36.1 Å². The van der Waals surface area contributed by atoms with Gasteiger partial charge in [-0.3, -0.25) is 9.59 Å². The first-order valence-electron chi connectivity index (χ1n) is 5.46. The Balaban J connectivity index is 2.32. The largest absolute Gasteiger partial charge is 0.444 e. The first-order valence-corrected chi connectivity index (χ1v) is 6.26. The van der Waals surface area contributed by atoms with Gasteiger partial charge in [-0.05, 0) is 41.4 Å². The molecule has 0 aliphatic heterocycles. The maximum atomic E-state index is 11.5. The number of rotatable bonds is 6. The maximum absolute atomic E-state index is 11.5. The van der Waals surface area contributed by atoms with E-state index in [9.17, 15) is 9.59 Å².